The van der Waals surface area contributed by atoms with Crippen molar-refractivity contribution in [2.45, 2.75) is 51.4 Å². The number of rotatable bonds is 10. The molecule has 0 radical (unpaired) electrons. The molecule has 0 bridgehead atoms. The molecule has 0 unspecified atom stereocenters. The van der Waals surface area contributed by atoms with Crippen molar-refractivity contribution in [3.63, 3.8) is 0 Å². The SMILES string of the molecule is O=C(CCCCCF)OC(=O)CCCCCF. The van der Waals surface area contributed by atoms with Crippen molar-refractivity contribution in [2.24, 2.45) is 0 Å². The van der Waals surface area contributed by atoms with Crippen LogP contribution in [0, 0.1) is 0 Å². The summed E-state index contributed by atoms with van der Waals surface area (Å²) in [6.07, 6.45) is 3.49. The molecular weight excluding hydrogens is 230 g/mol. The van der Waals surface area contributed by atoms with Gasteiger partial charge in [0.25, 0.3) is 0 Å². The molecule has 100 valence electrons. The fourth-order valence-corrected chi connectivity index (χ4v) is 1.31. The first kappa shape index (κ1) is 16.0. The lowest BCUT2D eigenvalue weighted by atomic mass is 10.2. The number of carbonyl (C=O) groups excluding carboxylic acids is 2. The van der Waals surface area contributed by atoms with Crippen molar-refractivity contribution in [1.82, 2.24) is 0 Å². The molecule has 0 aromatic carbocycles. The number of hydrogen-bond donors (Lipinski definition) is 0. The zero-order valence-corrected chi connectivity index (χ0v) is 10.1. The normalized spacial score (nSPS) is 10.2. The average molecular weight is 250 g/mol. The number of carbonyl (C=O) groups is 2. The van der Waals surface area contributed by atoms with E-state index in [1.54, 1.807) is 0 Å². The van der Waals surface area contributed by atoms with Gasteiger partial charge in [0.2, 0.25) is 0 Å². The van der Waals surface area contributed by atoms with Gasteiger partial charge in [0.15, 0.2) is 0 Å². The van der Waals surface area contributed by atoms with E-state index in [0.717, 1.165) is 0 Å². The zero-order valence-electron chi connectivity index (χ0n) is 10.1. The summed E-state index contributed by atoms with van der Waals surface area (Å²) in [5.74, 6) is -1.11. The molecule has 0 saturated carbocycles. The van der Waals surface area contributed by atoms with Crippen molar-refractivity contribution in [3.8, 4) is 0 Å². The van der Waals surface area contributed by atoms with Crippen molar-refractivity contribution >= 4 is 11.9 Å². The molecule has 0 atom stereocenters. The molecule has 0 aliphatic rings. The second kappa shape index (κ2) is 11.5. The maximum atomic E-state index is 11.7. The molecule has 0 aliphatic carbocycles. The Morgan fingerprint density at radius 2 is 1.12 bits per heavy atom. The van der Waals surface area contributed by atoms with Crippen LogP contribution in [0.5, 0.6) is 0 Å². The lowest BCUT2D eigenvalue weighted by Gasteiger charge is -2.02. The molecule has 0 aromatic heterocycles. The number of esters is 2. The number of hydrogen-bond acceptors (Lipinski definition) is 3. The molecule has 0 fully saturated rings. The fourth-order valence-electron chi connectivity index (χ4n) is 1.31. The Kier molecular flexibility index (Phi) is 10.8. The molecule has 0 aliphatic heterocycles. The lowest BCUT2D eigenvalue weighted by molar-refractivity contribution is -0.159. The van der Waals surface area contributed by atoms with Gasteiger partial charge in [0.1, 0.15) is 0 Å². The summed E-state index contributed by atoms with van der Waals surface area (Å²) in [4.78, 5) is 22.2. The van der Waals surface area contributed by atoms with Gasteiger partial charge in [-0.05, 0) is 25.7 Å². The second-order valence-corrected chi connectivity index (χ2v) is 3.85. The summed E-state index contributed by atoms with van der Waals surface area (Å²) in [5, 5.41) is 0. The monoisotopic (exact) mass is 250 g/mol. The highest BCUT2D eigenvalue weighted by Gasteiger charge is 2.09. The van der Waals surface area contributed by atoms with Gasteiger partial charge in [-0.3, -0.25) is 18.4 Å². The Morgan fingerprint density at radius 1 is 0.706 bits per heavy atom. The zero-order chi connectivity index (χ0) is 12.9. The number of ether oxygens (including phenoxy) is 1. The van der Waals surface area contributed by atoms with Crippen LogP contribution in [0.25, 0.3) is 0 Å². The van der Waals surface area contributed by atoms with Crippen molar-refractivity contribution in [1.29, 1.82) is 0 Å². The molecule has 3 nitrogen and oxygen atoms in total. The number of halogens is 2. The Balaban J connectivity index is 3.42. The molecule has 0 N–H and O–H groups in total. The van der Waals surface area contributed by atoms with E-state index in [2.05, 4.69) is 4.74 Å². The highest BCUT2D eigenvalue weighted by molar-refractivity contribution is 5.85. The lowest BCUT2D eigenvalue weighted by Crippen LogP contribution is -2.11. The topological polar surface area (TPSA) is 43.4 Å². The molecule has 0 amide bonds. The van der Waals surface area contributed by atoms with Gasteiger partial charge in [-0.1, -0.05) is 12.8 Å². The smallest absolute Gasteiger partial charge is 0.313 e. The molecule has 0 aromatic rings. The Hall–Kier alpha value is -1.00. The van der Waals surface area contributed by atoms with Crippen LogP contribution in [0.3, 0.4) is 0 Å². The van der Waals surface area contributed by atoms with Crippen LogP contribution in [0.1, 0.15) is 51.4 Å². The second-order valence-electron chi connectivity index (χ2n) is 3.85. The first-order valence-electron chi connectivity index (χ1n) is 6.06. The van der Waals surface area contributed by atoms with Crippen molar-refractivity contribution < 1.29 is 23.1 Å². The Labute approximate surface area is 101 Å². The maximum Gasteiger partial charge on any atom is 0.313 e. The summed E-state index contributed by atoms with van der Waals surface area (Å²) < 4.78 is 28.0. The van der Waals surface area contributed by atoms with Crippen molar-refractivity contribution in [3.05, 3.63) is 0 Å². The third-order valence-electron chi connectivity index (χ3n) is 2.26. The Bertz CT molecular complexity index is 198. The summed E-state index contributed by atoms with van der Waals surface area (Å²) >= 11 is 0. The highest BCUT2D eigenvalue weighted by atomic mass is 19.1. The van der Waals surface area contributed by atoms with Crippen LogP contribution in [0.4, 0.5) is 8.78 Å². The quantitative estimate of drug-likeness (QED) is 0.340. The summed E-state index contributed by atoms with van der Waals surface area (Å²) in [6, 6.07) is 0. The van der Waals surface area contributed by atoms with Gasteiger partial charge in [0.05, 0.1) is 13.3 Å². The van der Waals surface area contributed by atoms with Gasteiger partial charge in [-0.2, -0.15) is 0 Å². The molecule has 0 spiro atoms. The summed E-state index contributed by atoms with van der Waals surface area (Å²) in [7, 11) is 0. The number of unbranched alkanes of at least 4 members (excludes halogenated alkanes) is 4. The van der Waals surface area contributed by atoms with E-state index in [1.807, 2.05) is 0 Å². The molecular formula is C12H20F2O3. The molecule has 0 rings (SSSR count). The molecule has 0 heterocycles. The van der Waals surface area contributed by atoms with E-state index in [9.17, 15) is 18.4 Å². The van der Waals surface area contributed by atoms with Crippen LogP contribution in [-0.4, -0.2) is 25.3 Å². The predicted octanol–water partition coefficient (Wildman–Crippen LogP) is 3.12. The summed E-state index contributed by atoms with van der Waals surface area (Å²) in [5.41, 5.74) is 0. The van der Waals surface area contributed by atoms with E-state index in [4.69, 9.17) is 0 Å². The van der Waals surface area contributed by atoms with Gasteiger partial charge in [0, 0.05) is 12.8 Å². The Morgan fingerprint density at radius 3 is 1.47 bits per heavy atom. The molecule has 0 saturated heterocycles. The van der Waals surface area contributed by atoms with Crippen LogP contribution in [0.2, 0.25) is 0 Å². The first-order chi connectivity index (χ1) is 8.20. The van der Waals surface area contributed by atoms with E-state index >= 15 is 0 Å². The molecule has 17 heavy (non-hydrogen) atoms. The van der Waals surface area contributed by atoms with Gasteiger partial charge in [-0.25, -0.2) is 0 Å². The maximum absolute atomic E-state index is 11.7. The predicted molar refractivity (Wildman–Crippen MR) is 60.0 cm³/mol. The average Bonchev–Trinajstić information content (AvgIpc) is 2.30. The third-order valence-corrected chi connectivity index (χ3v) is 2.26. The first-order valence-corrected chi connectivity index (χ1v) is 6.06. The van der Waals surface area contributed by atoms with Crippen LogP contribution in [0.15, 0.2) is 0 Å². The minimum Gasteiger partial charge on any atom is -0.393 e. The van der Waals surface area contributed by atoms with E-state index < -0.39 is 11.9 Å². The van der Waals surface area contributed by atoms with E-state index in [-0.39, 0.29) is 26.2 Å². The third kappa shape index (κ3) is 11.3. The summed E-state index contributed by atoms with van der Waals surface area (Å²) in [6.45, 7) is -0.773. The molecule has 5 heteroatoms. The van der Waals surface area contributed by atoms with Crippen LogP contribution >= 0.6 is 0 Å². The van der Waals surface area contributed by atoms with Crippen LogP contribution in [-0.2, 0) is 14.3 Å². The van der Waals surface area contributed by atoms with E-state index in [0.29, 0.717) is 38.5 Å². The minimum absolute atomic E-state index is 0.149. The fraction of sp³-hybridized carbons (Fsp3) is 0.833. The largest absolute Gasteiger partial charge is 0.393 e. The van der Waals surface area contributed by atoms with Crippen LogP contribution < -0.4 is 0 Å². The minimum atomic E-state index is -0.556. The standard InChI is InChI=1S/C12H20F2O3/c13-9-5-1-3-7-11(15)17-12(16)8-4-2-6-10-14/h1-10H2. The van der Waals surface area contributed by atoms with Gasteiger partial charge in [-0.15, -0.1) is 0 Å². The van der Waals surface area contributed by atoms with Crippen molar-refractivity contribution in [2.75, 3.05) is 13.3 Å². The van der Waals surface area contributed by atoms with Gasteiger partial charge < -0.3 is 4.74 Å². The van der Waals surface area contributed by atoms with Gasteiger partial charge >= 0.3 is 11.9 Å². The van der Waals surface area contributed by atoms with E-state index in [1.165, 1.54) is 0 Å². The number of alkyl halides is 2. The highest BCUT2D eigenvalue weighted by Crippen LogP contribution is 2.05.